The lowest BCUT2D eigenvalue weighted by Crippen LogP contribution is -2.20. The molecule has 1 N–H and O–H groups in total. The predicted molar refractivity (Wildman–Crippen MR) is 98.5 cm³/mol. The van der Waals surface area contributed by atoms with Crippen LogP contribution in [0.1, 0.15) is 0 Å². The van der Waals surface area contributed by atoms with Crippen molar-refractivity contribution in [2.45, 2.75) is 6.54 Å². The molecule has 2 aromatic heterocycles. The van der Waals surface area contributed by atoms with Crippen molar-refractivity contribution in [2.75, 3.05) is 5.32 Å². The van der Waals surface area contributed by atoms with Crippen LogP contribution in [0.2, 0.25) is 0 Å². The van der Waals surface area contributed by atoms with Gasteiger partial charge < -0.3 is 9.88 Å². The normalized spacial score (nSPS) is 11.0. The summed E-state index contributed by atoms with van der Waals surface area (Å²) in [5.74, 6) is -1.96. The number of para-hydroxylation sites is 1. The molecule has 0 fully saturated rings. The summed E-state index contributed by atoms with van der Waals surface area (Å²) < 4.78 is 29.1. The molecule has 134 valence electrons. The number of pyridine rings is 2. The number of nitrogens with one attached hydrogen (secondary N) is 1. The lowest BCUT2D eigenvalue weighted by Gasteiger charge is -2.12. The number of rotatable bonds is 3. The minimum Gasteiger partial charge on any atom is -0.338 e. The van der Waals surface area contributed by atoms with E-state index in [-0.39, 0.29) is 28.6 Å². The highest BCUT2D eigenvalue weighted by Crippen LogP contribution is 2.25. The van der Waals surface area contributed by atoms with Crippen molar-refractivity contribution >= 4 is 33.4 Å². The first kappa shape index (κ1) is 16.8. The van der Waals surface area contributed by atoms with Gasteiger partial charge in [0.15, 0.2) is 11.2 Å². The van der Waals surface area contributed by atoms with Crippen LogP contribution < -0.4 is 10.7 Å². The Bertz CT molecular complexity index is 1250. The molecule has 4 rings (SSSR count). The van der Waals surface area contributed by atoms with Crippen molar-refractivity contribution in [1.29, 1.82) is 0 Å². The highest BCUT2D eigenvalue weighted by Gasteiger charge is 2.12. The van der Waals surface area contributed by atoms with Gasteiger partial charge in [-0.3, -0.25) is 14.6 Å². The minimum atomic E-state index is -0.799. The molecular weight excluding hydrogens is 352 g/mol. The zero-order valence-electron chi connectivity index (χ0n) is 13.9. The van der Waals surface area contributed by atoms with Crippen molar-refractivity contribution in [3.05, 3.63) is 82.8 Å². The first-order valence-corrected chi connectivity index (χ1v) is 8.15. The maximum Gasteiger partial charge on any atom is 0.244 e. The Morgan fingerprint density at radius 3 is 2.74 bits per heavy atom. The second-order valence-corrected chi connectivity index (χ2v) is 6.02. The number of hydrogen-bond acceptors (Lipinski definition) is 3. The van der Waals surface area contributed by atoms with Gasteiger partial charge in [0, 0.05) is 35.3 Å². The van der Waals surface area contributed by atoms with Gasteiger partial charge in [-0.25, -0.2) is 8.78 Å². The number of anilines is 1. The van der Waals surface area contributed by atoms with E-state index in [0.29, 0.717) is 10.9 Å². The van der Waals surface area contributed by atoms with Gasteiger partial charge in [0.1, 0.15) is 17.9 Å². The molecule has 0 aliphatic carbocycles. The smallest absolute Gasteiger partial charge is 0.244 e. The van der Waals surface area contributed by atoms with Crippen LogP contribution in [0.25, 0.3) is 21.8 Å². The fourth-order valence-corrected chi connectivity index (χ4v) is 3.03. The molecule has 2 heterocycles. The maximum absolute atomic E-state index is 13.9. The van der Waals surface area contributed by atoms with Crippen molar-refractivity contribution in [1.82, 2.24) is 9.55 Å². The number of nitrogens with zero attached hydrogens (tertiary/aromatic N) is 2. The standard InChI is InChI=1S/C20H13F2N3O2/c21-12-9-14-16(5-7-23-20(14)15(22)10-12)24-19(27)11-25-8-6-18(26)13-3-1-2-4-17(13)25/h1-10H,11H2,(H,23,24,27). The van der Waals surface area contributed by atoms with Gasteiger partial charge >= 0.3 is 0 Å². The van der Waals surface area contributed by atoms with Crippen LogP contribution in [0, 0.1) is 11.6 Å². The van der Waals surface area contributed by atoms with Gasteiger partial charge in [0.25, 0.3) is 0 Å². The Hall–Kier alpha value is -3.61. The Labute approximate surface area is 151 Å². The summed E-state index contributed by atoms with van der Waals surface area (Å²) in [6.45, 7) is -0.0671. The van der Waals surface area contributed by atoms with E-state index in [4.69, 9.17) is 0 Å². The van der Waals surface area contributed by atoms with E-state index in [1.165, 1.54) is 24.5 Å². The first-order chi connectivity index (χ1) is 13.0. The summed E-state index contributed by atoms with van der Waals surface area (Å²) in [5.41, 5.74) is 0.724. The number of halogens is 2. The topological polar surface area (TPSA) is 64.0 Å². The van der Waals surface area contributed by atoms with E-state index in [9.17, 15) is 18.4 Å². The molecule has 7 heteroatoms. The third-order valence-electron chi connectivity index (χ3n) is 4.24. The van der Waals surface area contributed by atoms with Gasteiger partial charge in [-0.05, 0) is 24.3 Å². The van der Waals surface area contributed by atoms with Crippen LogP contribution in [0.15, 0.2) is 65.7 Å². The van der Waals surface area contributed by atoms with Gasteiger partial charge in [-0.15, -0.1) is 0 Å². The summed E-state index contributed by atoms with van der Waals surface area (Å²) in [6, 6.07) is 11.7. The van der Waals surface area contributed by atoms with Crippen LogP contribution >= 0.6 is 0 Å². The molecule has 0 atom stereocenters. The summed E-state index contributed by atoms with van der Waals surface area (Å²) in [4.78, 5) is 28.3. The van der Waals surface area contributed by atoms with E-state index in [0.717, 1.165) is 12.1 Å². The number of amides is 1. The average molecular weight is 365 g/mol. The number of aromatic nitrogens is 2. The predicted octanol–water partition coefficient (Wildman–Crippen LogP) is 3.47. The lowest BCUT2D eigenvalue weighted by atomic mass is 10.1. The quantitative estimate of drug-likeness (QED) is 0.605. The second-order valence-electron chi connectivity index (χ2n) is 6.02. The Morgan fingerprint density at radius 1 is 1.07 bits per heavy atom. The number of carbonyl (C=O) groups is 1. The summed E-state index contributed by atoms with van der Waals surface area (Å²) in [6.07, 6.45) is 2.88. The van der Waals surface area contributed by atoms with Crippen LogP contribution in [-0.2, 0) is 11.3 Å². The lowest BCUT2D eigenvalue weighted by molar-refractivity contribution is -0.116. The maximum atomic E-state index is 13.9. The molecule has 0 bridgehead atoms. The molecule has 1 amide bonds. The molecule has 5 nitrogen and oxygen atoms in total. The first-order valence-electron chi connectivity index (χ1n) is 8.15. The van der Waals surface area contributed by atoms with E-state index in [1.807, 2.05) is 0 Å². The van der Waals surface area contributed by atoms with Gasteiger partial charge in [-0.2, -0.15) is 0 Å². The molecule has 0 aliphatic rings. The third kappa shape index (κ3) is 3.15. The van der Waals surface area contributed by atoms with Gasteiger partial charge in [0.05, 0.1) is 11.2 Å². The van der Waals surface area contributed by atoms with Crippen molar-refractivity contribution < 1.29 is 13.6 Å². The highest BCUT2D eigenvalue weighted by molar-refractivity contribution is 6.01. The molecule has 0 saturated carbocycles. The Kier molecular flexibility index (Phi) is 4.12. The molecule has 0 radical (unpaired) electrons. The van der Waals surface area contributed by atoms with Gasteiger partial charge in [0.2, 0.25) is 5.91 Å². The zero-order valence-corrected chi connectivity index (χ0v) is 13.9. The van der Waals surface area contributed by atoms with Crippen molar-refractivity contribution in [3.8, 4) is 0 Å². The highest BCUT2D eigenvalue weighted by atomic mass is 19.1. The number of benzene rings is 2. The summed E-state index contributed by atoms with van der Waals surface area (Å²) in [7, 11) is 0. The molecule has 27 heavy (non-hydrogen) atoms. The molecule has 4 aromatic rings. The van der Waals surface area contributed by atoms with Gasteiger partial charge in [-0.1, -0.05) is 12.1 Å². The number of fused-ring (bicyclic) bond motifs is 2. The number of carbonyl (C=O) groups excluding carboxylic acids is 1. The molecule has 0 saturated heterocycles. The largest absolute Gasteiger partial charge is 0.338 e. The van der Waals surface area contributed by atoms with Crippen LogP contribution in [-0.4, -0.2) is 15.5 Å². The third-order valence-corrected chi connectivity index (χ3v) is 4.24. The molecule has 2 aromatic carbocycles. The Morgan fingerprint density at radius 2 is 1.89 bits per heavy atom. The zero-order chi connectivity index (χ0) is 19.0. The van der Waals surface area contributed by atoms with E-state index in [1.54, 1.807) is 28.8 Å². The minimum absolute atomic E-state index is 0.0250. The van der Waals surface area contributed by atoms with Crippen LogP contribution in [0.5, 0.6) is 0 Å². The fraction of sp³-hybridized carbons (Fsp3) is 0.0500. The second kappa shape index (κ2) is 6.60. The van der Waals surface area contributed by atoms with Crippen molar-refractivity contribution in [2.24, 2.45) is 0 Å². The summed E-state index contributed by atoms with van der Waals surface area (Å²) >= 11 is 0. The fourth-order valence-electron chi connectivity index (χ4n) is 3.03. The number of hydrogen-bond donors (Lipinski definition) is 1. The van der Waals surface area contributed by atoms with Crippen molar-refractivity contribution in [3.63, 3.8) is 0 Å². The van der Waals surface area contributed by atoms with E-state index in [2.05, 4.69) is 10.3 Å². The average Bonchev–Trinajstić information content (AvgIpc) is 2.65. The molecular formula is C20H13F2N3O2. The summed E-state index contributed by atoms with van der Waals surface area (Å²) in [5, 5.41) is 3.34. The van der Waals surface area contributed by atoms with E-state index >= 15 is 0 Å². The SMILES string of the molecule is O=C(Cn1ccc(=O)c2ccccc21)Nc1ccnc2c(F)cc(F)cc12. The van der Waals surface area contributed by atoms with Crippen LogP contribution in [0.3, 0.4) is 0 Å². The van der Waals surface area contributed by atoms with Crippen LogP contribution in [0.4, 0.5) is 14.5 Å². The molecule has 0 spiro atoms. The van der Waals surface area contributed by atoms with E-state index < -0.39 is 17.5 Å². The monoisotopic (exact) mass is 365 g/mol. The molecule has 0 aliphatic heterocycles. The Balaban J connectivity index is 1.68. The molecule has 0 unspecified atom stereocenters.